The zero-order chi connectivity index (χ0) is 21.1. The molecule has 30 heavy (non-hydrogen) atoms. The van der Waals surface area contributed by atoms with E-state index in [0.29, 0.717) is 37.4 Å². The number of carboxylic acids is 1. The molecule has 0 saturated carbocycles. The summed E-state index contributed by atoms with van der Waals surface area (Å²) in [5, 5.41) is 11.6. The predicted molar refractivity (Wildman–Crippen MR) is 115 cm³/mol. The van der Waals surface area contributed by atoms with Crippen LogP contribution in [0.4, 0.5) is 0 Å². The van der Waals surface area contributed by atoms with Crippen LogP contribution >= 0.6 is 0 Å². The molecule has 156 valence electrons. The molecule has 1 N–H and O–H groups in total. The van der Waals surface area contributed by atoms with E-state index in [2.05, 4.69) is 34.1 Å². The first kappa shape index (κ1) is 20.2. The number of hydrogen-bond acceptors (Lipinski definition) is 5. The molecule has 2 heterocycles. The van der Waals surface area contributed by atoms with E-state index in [1.165, 1.54) is 0 Å². The quantitative estimate of drug-likeness (QED) is 0.663. The number of methoxy groups -OCH3 is 2. The second kappa shape index (κ2) is 8.71. The lowest BCUT2D eigenvalue weighted by Crippen LogP contribution is -2.39. The van der Waals surface area contributed by atoms with Crippen molar-refractivity contribution < 1.29 is 19.4 Å². The molecule has 1 saturated heterocycles. The molecular formula is C24H26N2O4. The first-order valence-electron chi connectivity index (χ1n) is 10.1. The first-order valence-corrected chi connectivity index (χ1v) is 10.1. The molecule has 0 amide bonds. The summed E-state index contributed by atoms with van der Waals surface area (Å²) in [4.78, 5) is 18.0. The van der Waals surface area contributed by atoms with Crippen LogP contribution in [0.5, 0.6) is 11.5 Å². The Hall–Kier alpha value is -3.12. The van der Waals surface area contributed by atoms with Crippen LogP contribution in [-0.2, 0) is 4.79 Å². The number of piperidine rings is 1. The Morgan fingerprint density at radius 1 is 1.10 bits per heavy atom. The summed E-state index contributed by atoms with van der Waals surface area (Å²) >= 11 is 0. The average molecular weight is 406 g/mol. The van der Waals surface area contributed by atoms with Gasteiger partial charge in [-0.2, -0.15) is 0 Å². The number of benzene rings is 2. The Balaban J connectivity index is 1.80. The van der Waals surface area contributed by atoms with E-state index in [1.54, 1.807) is 20.4 Å². The summed E-state index contributed by atoms with van der Waals surface area (Å²) in [6, 6.07) is 14.3. The van der Waals surface area contributed by atoms with Gasteiger partial charge in [0, 0.05) is 23.3 Å². The molecule has 1 aromatic heterocycles. The van der Waals surface area contributed by atoms with E-state index in [0.717, 1.165) is 21.9 Å². The molecule has 4 rings (SSSR count). The minimum Gasteiger partial charge on any atom is -0.493 e. The normalized spacial score (nSPS) is 16.3. The molecule has 3 aromatic rings. The molecule has 1 unspecified atom stereocenters. The van der Waals surface area contributed by atoms with E-state index in [9.17, 15) is 9.90 Å². The van der Waals surface area contributed by atoms with Crippen LogP contribution in [0.15, 0.2) is 54.9 Å². The number of likely N-dealkylation sites (tertiary alicyclic amines) is 1. The van der Waals surface area contributed by atoms with Crippen LogP contribution in [0.25, 0.3) is 10.8 Å². The van der Waals surface area contributed by atoms with Gasteiger partial charge in [-0.25, -0.2) is 0 Å². The molecular weight excluding hydrogens is 380 g/mol. The minimum absolute atomic E-state index is 0.0673. The molecule has 6 nitrogen and oxygen atoms in total. The van der Waals surface area contributed by atoms with Crippen molar-refractivity contribution in [1.82, 2.24) is 9.88 Å². The number of aromatic nitrogens is 1. The van der Waals surface area contributed by atoms with Gasteiger partial charge in [0.15, 0.2) is 11.5 Å². The van der Waals surface area contributed by atoms with Gasteiger partial charge in [-0.1, -0.05) is 24.3 Å². The van der Waals surface area contributed by atoms with Gasteiger partial charge in [0.1, 0.15) is 0 Å². The lowest BCUT2D eigenvalue weighted by molar-refractivity contribution is -0.143. The molecule has 0 aliphatic carbocycles. The maximum absolute atomic E-state index is 11.4. The molecule has 0 radical (unpaired) electrons. The summed E-state index contributed by atoms with van der Waals surface area (Å²) in [6.45, 7) is 1.41. The maximum Gasteiger partial charge on any atom is 0.306 e. The second-order valence-corrected chi connectivity index (χ2v) is 7.62. The third kappa shape index (κ3) is 3.83. The lowest BCUT2D eigenvalue weighted by Gasteiger charge is -2.37. The third-order valence-electron chi connectivity index (χ3n) is 5.95. The zero-order valence-electron chi connectivity index (χ0n) is 17.2. The average Bonchev–Trinajstić information content (AvgIpc) is 2.79. The van der Waals surface area contributed by atoms with E-state index >= 15 is 0 Å². The molecule has 1 atom stereocenters. The van der Waals surface area contributed by atoms with E-state index in [1.807, 2.05) is 24.4 Å². The Bertz CT molecular complexity index is 1040. The highest BCUT2D eigenvalue weighted by atomic mass is 16.5. The van der Waals surface area contributed by atoms with Crippen molar-refractivity contribution in [3.63, 3.8) is 0 Å². The van der Waals surface area contributed by atoms with Crippen LogP contribution in [0, 0.1) is 5.92 Å². The number of nitrogens with zero attached hydrogens (tertiary/aromatic N) is 2. The van der Waals surface area contributed by atoms with Gasteiger partial charge in [-0.15, -0.1) is 0 Å². The highest BCUT2D eigenvalue weighted by Gasteiger charge is 2.32. The highest BCUT2D eigenvalue weighted by molar-refractivity contribution is 5.82. The van der Waals surface area contributed by atoms with Crippen molar-refractivity contribution in [2.75, 3.05) is 27.3 Å². The fourth-order valence-corrected chi connectivity index (χ4v) is 4.39. The lowest BCUT2D eigenvalue weighted by atomic mass is 9.90. The molecule has 1 aliphatic rings. The monoisotopic (exact) mass is 406 g/mol. The number of hydrogen-bond donors (Lipinski definition) is 1. The van der Waals surface area contributed by atoms with Crippen molar-refractivity contribution >= 4 is 16.7 Å². The number of para-hydroxylation sites is 1. The van der Waals surface area contributed by atoms with Gasteiger partial charge in [-0.05, 0) is 55.1 Å². The Morgan fingerprint density at radius 2 is 1.90 bits per heavy atom. The van der Waals surface area contributed by atoms with Crippen molar-refractivity contribution in [2.45, 2.75) is 18.9 Å². The van der Waals surface area contributed by atoms with Gasteiger partial charge in [-0.3, -0.25) is 14.7 Å². The number of ether oxygens (including phenoxy) is 2. The van der Waals surface area contributed by atoms with Crippen LogP contribution in [0.3, 0.4) is 0 Å². The topological polar surface area (TPSA) is 71.9 Å². The fraction of sp³-hybridized carbons (Fsp3) is 0.333. The Morgan fingerprint density at radius 3 is 2.60 bits per heavy atom. The van der Waals surface area contributed by atoms with Crippen molar-refractivity contribution in [3.05, 3.63) is 66.0 Å². The molecule has 0 bridgehead atoms. The maximum atomic E-state index is 11.4. The van der Waals surface area contributed by atoms with Crippen molar-refractivity contribution in [3.8, 4) is 11.5 Å². The molecule has 1 fully saturated rings. The second-order valence-electron chi connectivity index (χ2n) is 7.62. The van der Waals surface area contributed by atoms with Gasteiger partial charge in [0.25, 0.3) is 0 Å². The van der Waals surface area contributed by atoms with Crippen LogP contribution in [0.1, 0.15) is 30.0 Å². The Kier molecular flexibility index (Phi) is 5.86. The number of aliphatic carboxylic acids is 1. The minimum atomic E-state index is -0.705. The van der Waals surface area contributed by atoms with Crippen molar-refractivity contribution in [1.29, 1.82) is 0 Å². The summed E-state index contributed by atoms with van der Waals surface area (Å²) in [7, 11) is 3.29. The van der Waals surface area contributed by atoms with Gasteiger partial charge >= 0.3 is 5.97 Å². The van der Waals surface area contributed by atoms with Crippen molar-refractivity contribution in [2.24, 2.45) is 5.92 Å². The molecule has 0 spiro atoms. The van der Waals surface area contributed by atoms with E-state index in [4.69, 9.17) is 9.47 Å². The Labute approximate surface area is 176 Å². The largest absolute Gasteiger partial charge is 0.493 e. The molecule has 2 aromatic carbocycles. The number of pyridine rings is 1. The first-order chi connectivity index (χ1) is 14.6. The fourth-order valence-electron chi connectivity index (χ4n) is 4.39. The number of carboxylic acid groups (broad SMARTS) is 1. The van der Waals surface area contributed by atoms with Gasteiger partial charge < -0.3 is 14.6 Å². The van der Waals surface area contributed by atoms with Crippen LogP contribution in [-0.4, -0.2) is 48.3 Å². The smallest absolute Gasteiger partial charge is 0.306 e. The molecule has 1 aliphatic heterocycles. The third-order valence-corrected chi connectivity index (χ3v) is 5.95. The number of rotatable bonds is 6. The van der Waals surface area contributed by atoms with Crippen LogP contribution < -0.4 is 9.47 Å². The number of carbonyl (C=O) groups is 1. The highest BCUT2D eigenvalue weighted by Crippen LogP contribution is 2.41. The van der Waals surface area contributed by atoms with Crippen LogP contribution in [0.2, 0.25) is 0 Å². The summed E-state index contributed by atoms with van der Waals surface area (Å²) in [5.41, 5.74) is 2.15. The van der Waals surface area contributed by atoms with E-state index in [-0.39, 0.29) is 12.0 Å². The summed E-state index contributed by atoms with van der Waals surface area (Å²) in [5.74, 6) is 0.408. The van der Waals surface area contributed by atoms with Gasteiger partial charge in [0.05, 0.1) is 26.2 Å². The number of fused-ring (bicyclic) bond motifs is 1. The SMILES string of the molecule is COc1cccc(C(c2ccc3cnccc3c2)N2CCC(C(=O)O)CC2)c1OC. The zero-order valence-corrected chi connectivity index (χ0v) is 17.2. The molecule has 6 heteroatoms. The standard InChI is InChI=1S/C24H26N2O4/c1-29-21-5-3-4-20(23(21)30-2)22(26-12-9-16(10-13-26)24(27)28)18-6-7-19-15-25-11-8-17(19)14-18/h3-8,11,14-16,22H,9-10,12-13H2,1-2H3,(H,27,28). The van der Waals surface area contributed by atoms with E-state index < -0.39 is 5.97 Å². The summed E-state index contributed by atoms with van der Waals surface area (Å²) in [6.07, 6.45) is 4.93. The van der Waals surface area contributed by atoms with Gasteiger partial charge in [0.2, 0.25) is 0 Å². The predicted octanol–water partition coefficient (Wildman–Crippen LogP) is 4.14. The summed E-state index contributed by atoms with van der Waals surface area (Å²) < 4.78 is 11.3.